The summed E-state index contributed by atoms with van der Waals surface area (Å²) in [5.74, 6) is 2.90. The number of aromatic nitrogens is 1. The summed E-state index contributed by atoms with van der Waals surface area (Å²) >= 11 is 3.58. The fourth-order valence-corrected chi connectivity index (χ4v) is 2.94. The largest absolute Gasteiger partial charge is 0.357 e. The number of aryl methyl sites for hydroxylation is 2. The predicted molar refractivity (Wildman–Crippen MR) is 91.9 cm³/mol. The summed E-state index contributed by atoms with van der Waals surface area (Å²) in [4.78, 5) is 10.3. The molecule has 1 aromatic heterocycles. The van der Waals surface area contributed by atoms with Gasteiger partial charge in [-0.1, -0.05) is 6.08 Å². The van der Waals surface area contributed by atoms with Crippen molar-refractivity contribution < 1.29 is 0 Å². The number of nitrogens with zero attached hydrogens (tertiary/aromatic N) is 2. The Hall–Kier alpha value is -1.01. The highest BCUT2D eigenvalue weighted by Gasteiger charge is 2.03. The molecule has 6 heteroatoms. The Bertz CT molecular complexity index is 421. The monoisotopic (exact) mass is 312 g/mol. The van der Waals surface area contributed by atoms with Crippen LogP contribution in [0.15, 0.2) is 17.6 Å². The van der Waals surface area contributed by atoms with Crippen LogP contribution in [-0.2, 0) is 6.54 Å². The number of nitrogens with one attached hydrogen (secondary N) is 2. The summed E-state index contributed by atoms with van der Waals surface area (Å²) in [6.07, 6.45) is 1.93. The summed E-state index contributed by atoms with van der Waals surface area (Å²) in [5.41, 5.74) is 1.11. The second-order valence-electron chi connectivity index (χ2n) is 4.23. The van der Waals surface area contributed by atoms with Gasteiger partial charge >= 0.3 is 0 Å². The Morgan fingerprint density at radius 3 is 2.85 bits per heavy atom. The molecule has 0 bridgehead atoms. The molecule has 0 radical (unpaired) electrons. The van der Waals surface area contributed by atoms with Crippen LogP contribution in [0.5, 0.6) is 0 Å². The van der Waals surface area contributed by atoms with Crippen LogP contribution < -0.4 is 10.6 Å². The Kier molecular flexibility index (Phi) is 8.37. The van der Waals surface area contributed by atoms with Crippen LogP contribution >= 0.6 is 23.1 Å². The van der Waals surface area contributed by atoms with Gasteiger partial charge in [-0.05, 0) is 20.8 Å². The fourth-order valence-electron chi connectivity index (χ4n) is 1.50. The Labute approximate surface area is 130 Å². The molecule has 4 nitrogen and oxygen atoms in total. The number of hydrogen-bond acceptors (Lipinski definition) is 4. The number of rotatable bonds is 8. The first-order valence-electron chi connectivity index (χ1n) is 6.81. The van der Waals surface area contributed by atoms with E-state index in [4.69, 9.17) is 0 Å². The SMILES string of the molecule is C=CCSCCNC(=NCc1nc(C)c(C)s1)NCC. The van der Waals surface area contributed by atoms with E-state index in [1.807, 2.05) is 24.8 Å². The van der Waals surface area contributed by atoms with E-state index in [0.717, 1.165) is 41.3 Å². The average Bonchev–Trinajstić information content (AvgIpc) is 2.75. The first-order valence-corrected chi connectivity index (χ1v) is 8.78. The lowest BCUT2D eigenvalue weighted by Gasteiger charge is -2.10. The van der Waals surface area contributed by atoms with Crippen molar-refractivity contribution in [2.24, 2.45) is 4.99 Å². The molecule has 112 valence electrons. The predicted octanol–water partition coefficient (Wildman–Crippen LogP) is 2.73. The third-order valence-corrected chi connectivity index (χ3v) is 4.59. The molecule has 0 fully saturated rings. The lowest BCUT2D eigenvalue weighted by Crippen LogP contribution is -2.38. The highest BCUT2D eigenvalue weighted by molar-refractivity contribution is 7.99. The minimum Gasteiger partial charge on any atom is -0.357 e. The number of aliphatic imine (C=N–C) groups is 1. The van der Waals surface area contributed by atoms with Crippen LogP contribution in [0.25, 0.3) is 0 Å². The third kappa shape index (κ3) is 6.43. The smallest absolute Gasteiger partial charge is 0.191 e. The van der Waals surface area contributed by atoms with Crippen LogP contribution in [0, 0.1) is 13.8 Å². The molecule has 0 saturated carbocycles. The normalized spacial score (nSPS) is 11.4. The summed E-state index contributed by atoms with van der Waals surface area (Å²) in [7, 11) is 0. The van der Waals surface area contributed by atoms with E-state index in [9.17, 15) is 0 Å². The molecular weight excluding hydrogens is 288 g/mol. The van der Waals surface area contributed by atoms with E-state index >= 15 is 0 Å². The second kappa shape index (κ2) is 9.83. The molecular formula is C14H24N4S2. The van der Waals surface area contributed by atoms with Crippen LogP contribution in [0.3, 0.4) is 0 Å². The lowest BCUT2D eigenvalue weighted by atomic mass is 10.4. The highest BCUT2D eigenvalue weighted by Crippen LogP contribution is 2.16. The second-order valence-corrected chi connectivity index (χ2v) is 6.67. The highest BCUT2D eigenvalue weighted by atomic mass is 32.2. The number of guanidine groups is 1. The first-order chi connectivity index (χ1) is 9.67. The Morgan fingerprint density at radius 1 is 1.45 bits per heavy atom. The van der Waals surface area contributed by atoms with Gasteiger partial charge in [-0.15, -0.1) is 17.9 Å². The number of hydrogen-bond donors (Lipinski definition) is 2. The summed E-state index contributed by atoms with van der Waals surface area (Å²) in [6, 6.07) is 0. The molecule has 0 aliphatic carbocycles. The molecule has 0 aromatic carbocycles. The Balaban J connectivity index is 2.43. The zero-order valence-electron chi connectivity index (χ0n) is 12.5. The van der Waals surface area contributed by atoms with Crippen LogP contribution in [-0.4, -0.2) is 35.5 Å². The maximum absolute atomic E-state index is 4.57. The first kappa shape index (κ1) is 17.0. The molecule has 0 aliphatic rings. The van der Waals surface area contributed by atoms with Gasteiger partial charge in [0.15, 0.2) is 5.96 Å². The van der Waals surface area contributed by atoms with Gasteiger partial charge in [0.1, 0.15) is 5.01 Å². The molecule has 2 N–H and O–H groups in total. The van der Waals surface area contributed by atoms with Gasteiger partial charge in [0.2, 0.25) is 0 Å². The van der Waals surface area contributed by atoms with Crippen molar-refractivity contribution >= 4 is 29.1 Å². The van der Waals surface area contributed by atoms with Crippen molar-refractivity contribution in [1.29, 1.82) is 0 Å². The van der Waals surface area contributed by atoms with Crippen LogP contribution in [0.2, 0.25) is 0 Å². The number of thioether (sulfide) groups is 1. The molecule has 0 atom stereocenters. The molecule has 0 amide bonds. The van der Waals surface area contributed by atoms with Crippen molar-refractivity contribution in [2.45, 2.75) is 27.3 Å². The molecule has 0 aliphatic heterocycles. The van der Waals surface area contributed by atoms with Gasteiger partial charge in [-0.3, -0.25) is 0 Å². The zero-order valence-corrected chi connectivity index (χ0v) is 14.2. The fraction of sp³-hybridized carbons (Fsp3) is 0.571. The Morgan fingerprint density at radius 2 is 2.25 bits per heavy atom. The molecule has 1 rings (SSSR count). The molecule has 1 heterocycles. The maximum atomic E-state index is 4.57. The molecule has 0 saturated heterocycles. The van der Waals surface area contributed by atoms with Crippen LogP contribution in [0.4, 0.5) is 0 Å². The van der Waals surface area contributed by atoms with E-state index < -0.39 is 0 Å². The summed E-state index contributed by atoms with van der Waals surface area (Å²) in [5, 5.41) is 7.65. The molecule has 1 aromatic rings. The van der Waals surface area contributed by atoms with Gasteiger partial charge in [0, 0.05) is 29.5 Å². The van der Waals surface area contributed by atoms with E-state index in [1.54, 1.807) is 11.3 Å². The van der Waals surface area contributed by atoms with Crippen molar-refractivity contribution in [2.75, 3.05) is 24.6 Å². The zero-order chi connectivity index (χ0) is 14.8. The summed E-state index contributed by atoms with van der Waals surface area (Å²) < 4.78 is 0. The summed E-state index contributed by atoms with van der Waals surface area (Å²) in [6.45, 7) is 12.3. The van der Waals surface area contributed by atoms with Gasteiger partial charge in [-0.25, -0.2) is 9.98 Å². The quantitative estimate of drug-likeness (QED) is 0.335. The van der Waals surface area contributed by atoms with E-state index in [1.165, 1.54) is 4.88 Å². The molecule has 0 unspecified atom stereocenters. The van der Waals surface area contributed by atoms with Crippen molar-refractivity contribution in [3.63, 3.8) is 0 Å². The van der Waals surface area contributed by atoms with Gasteiger partial charge in [0.05, 0.1) is 12.2 Å². The number of thiazole rings is 1. The van der Waals surface area contributed by atoms with Gasteiger partial charge in [-0.2, -0.15) is 11.8 Å². The van der Waals surface area contributed by atoms with E-state index in [-0.39, 0.29) is 0 Å². The van der Waals surface area contributed by atoms with Crippen LogP contribution in [0.1, 0.15) is 22.5 Å². The molecule has 0 spiro atoms. The van der Waals surface area contributed by atoms with Gasteiger partial charge in [0.25, 0.3) is 0 Å². The molecule has 20 heavy (non-hydrogen) atoms. The van der Waals surface area contributed by atoms with E-state index in [2.05, 4.69) is 41.0 Å². The third-order valence-electron chi connectivity index (χ3n) is 2.56. The van der Waals surface area contributed by atoms with E-state index in [0.29, 0.717) is 6.54 Å². The van der Waals surface area contributed by atoms with Crippen molar-refractivity contribution in [1.82, 2.24) is 15.6 Å². The standard InChI is InChI=1S/C14H24N4S2/c1-5-8-19-9-7-16-14(15-6-2)17-10-13-18-11(3)12(4)20-13/h5H,1,6-10H2,2-4H3,(H2,15,16,17). The van der Waals surface area contributed by atoms with Crippen molar-refractivity contribution in [3.8, 4) is 0 Å². The minimum absolute atomic E-state index is 0.633. The van der Waals surface area contributed by atoms with Crippen molar-refractivity contribution in [3.05, 3.63) is 28.2 Å². The van der Waals surface area contributed by atoms with Gasteiger partial charge < -0.3 is 10.6 Å². The maximum Gasteiger partial charge on any atom is 0.191 e. The minimum atomic E-state index is 0.633. The average molecular weight is 313 g/mol. The lowest BCUT2D eigenvalue weighted by molar-refractivity contribution is 0.841. The topological polar surface area (TPSA) is 49.3 Å².